The average Bonchev–Trinajstić information content (AvgIpc) is 2.52. The summed E-state index contributed by atoms with van der Waals surface area (Å²) in [6, 6.07) is 14.0. The number of ether oxygens (including phenoxy) is 3. The van der Waals surface area contributed by atoms with E-state index in [4.69, 9.17) is 24.3 Å². The van der Waals surface area contributed by atoms with Gasteiger partial charge >= 0.3 is 7.12 Å². The number of hydrogen-bond acceptors (Lipinski definition) is 5. The molecule has 0 aliphatic carbocycles. The molecular weight excluding hydrogens is 271 g/mol. The van der Waals surface area contributed by atoms with Crippen LogP contribution in [0.25, 0.3) is 0 Å². The Balaban J connectivity index is 1.79. The van der Waals surface area contributed by atoms with Gasteiger partial charge in [0.1, 0.15) is 19.0 Å². The first-order valence-corrected chi connectivity index (χ1v) is 6.55. The molecule has 2 N–H and O–H groups in total. The van der Waals surface area contributed by atoms with E-state index in [9.17, 15) is 0 Å². The molecule has 0 amide bonds. The minimum Gasteiger partial charge on any atom is -0.493 e. The third-order valence-electron chi connectivity index (χ3n) is 2.86. The molecule has 6 heteroatoms. The highest BCUT2D eigenvalue weighted by molar-refractivity contribution is 6.58. The number of para-hydroxylation sites is 2. The Morgan fingerprint density at radius 2 is 1.48 bits per heavy atom. The van der Waals surface area contributed by atoms with Gasteiger partial charge in [0.2, 0.25) is 0 Å². The first-order chi connectivity index (χ1) is 10.2. The van der Waals surface area contributed by atoms with Gasteiger partial charge in [0, 0.05) is 0 Å². The molecule has 0 heterocycles. The number of methoxy groups -OCH3 is 1. The summed E-state index contributed by atoms with van der Waals surface area (Å²) < 4.78 is 16.3. The van der Waals surface area contributed by atoms with Crippen LogP contribution >= 0.6 is 0 Å². The van der Waals surface area contributed by atoms with Crippen molar-refractivity contribution in [2.75, 3.05) is 20.3 Å². The summed E-state index contributed by atoms with van der Waals surface area (Å²) in [5, 5.41) is 18.0. The van der Waals surface area contributed by atoms with Gasteiger partial charge in [-0.1, -0.05) is 24.3 Å². The Morgan fingerprint density at radius 1 is 0.857 bits per heavy atom. The zero-order chi connectivity index (χ0) is 15.1. The summed E-state index contributed by atoms with van der Waals surface area (Å²) in [6.07, 6.45) is 0. The summed E-state index contributed by atoms with van der Waals surface area (Å²) >= 11 is 0. The first kappa shape index (κ1) is 15.2. The summed E-state index contributed by atoms with van der Waals surface area (Å²) in [7, 11) is 0.128. The molecule has 5 nitrogen and oxygen atoms in total. The van der Waals surface area contributed by atoms with Crippen LogP contribution in [0.2, 0.25) is 0 Å². The normalized spacial score (nSPS) is 10.0. The number of hydrogen-bond donors (Lipinski definition) is 2. The SMILES string of the molecule is COc1ccccc1OCCOc1ccc(B(O)O)cc1. The van der Waals surface area contributed by atoms with Gasteiger partial charge < -0.3 is 24.3 Å². The Hall–Kier alpha value is -2.18. The van der Waals surface area contributed by atoms with E-state index in [1.165, 1.54) is 0 Å². The summed E-state index contributed by atoms with van der Waals surface area (Å²) in [4.78, 5) is 0. The van der Waals surface area contributed by atoms with Crippen molar-refractivity contribution in [1.82, 2.24) is 0 Å². The molecule has 110 valence electrons. The molecule has 0 saturated carbocycles. The van der Waals surface area contributed by atoms with Gasteiger partial charge in [-0.15, -0.1) is 0 Å². The van der Waals surface area contributed by atoms with Crippen molar-refractivity contribution >= 4 is 12.6 Å². The van der Waals surface area contributed by atoms with Crippen molar-refractivity contribution in [1.29, 1.82) is 0 Å². The highest BCUT2D eigenvalue weighted by atomic mass is 16.5. The molecule has 2 aromatic rings. The van der Waals surface area contributed by atoms with Crippen molar-refractivity contribution in [3.05, 3.63) is 48.5 Å². The monoisotopic (exact) mass is 288 g/mol. The van der Waals surface area contributed by atoms with Crippen molar-refractivity contribution in [3.63, 3.8) is 0 Å². The Kier molecular flexibility index (Phi) is 5.48. The molecule has 2 aromatic carbocycles. The fourth-order valence-corrected chi connectivity index (χ4v) is 1.79. The van der Waals surface area contributed by atoms with E-state index in [-0.39, 0.29) is 0 Å². The fourth-order valence-electron chi connectivity index (χ4n) is 1.79. The molecule has 0 fully saturated rings. The molecule has 0 bridgehead atoms. The standard InChI is InChI=1S/C15H17BO5/c1-19-14-4-2-3-5-15(14)21-11-10-20-13-8-6-12(7-9-13)16(17)18/h2-9,17-18H,10-11H2,1H3. The van der Waals surface area contributed by atoms with E-state index in [0.717, 1.165) is 0 Å². The van der Waals surface area contributed by atoms with Crippen molar-refractivity contribution in [2.24, 2.45) is 0 Å². The second-order valence-corrected chi connectivity index (χ2v) is 4.29. The van der Waals surface area contributed by atoms with Crippen molar-refractivity contribution in [3.8, 4) is 17.2 Å². The topological polar surface area (TPSA) is 68.2 Å². The van der Waals surface area contributed by atoms with Crippen LogP contribution < -0.4 is 19.7 Å². The van der Waals surface area contributed by atoms with Crippen LogP contribution in [0.3, 0.4) is 0 Å². The lowest BCUT2D eigenvalue weighted by atomic mass is 9.80. The van der Waals surface area contributed by atoms with Crippen LogP contribution in [0.4, 0.5) is 0 Å². The predicted octanol–water partition coefficient (Wildman–Crippen LogP) is 0.833. The maximum absolute atomic E-state index is 8.99. The highest BCUT2D eigenvalue weighted by Gasteiger charge is 2.09. The van der Waals surface area contributed by atoms with E-state index in [0.29, 0.717) is 35.9 Å². The maximum atomic E-state index is 8.99. The number of rotatable bonds is 7. The third kappa shape index (κ3) is 4.41. The van der Waals surface area contributed by atoms with Gasteiger partial charge in [0.05, 0.1) is 7.11 Å². The summed E-state index contributed by atoms with van der Waals surface area (Å²) in [6.45, 7) is 0.754. The number of benzene rings is 2. The van der Waals surface area contributed by atoms with Gasteiger partial charge in [-0.25, -0.2) is 0 Å². The zero-order valence-electron chi connectivity index (χ0n) is 11.7. The average molecular weight is 288 g/mol. The van der Waals surface area contributed by atoms with Crippen LogP contribution in [-0.2, 0) is 0 Å². The Bertz CT molecular complexity index is 556. The van der Waals surface area contributed by atoms with E-state index in [1.807, 2.05) is 24.3 Å². The molecular formula is C15H17BO5. The first-order valence-electron chi connectivity index (χ1n) is 6.55. The van der Waals surface area contributed by atoms with Crippen molar-refractivity contribution in [2.45, 2.75) is 0 Å². The second-order valence-electron chi connectivity index (χ2n) is 4.29. The smallest absolute Gasteiger partial charge is 0.488 e. The van der Waals surface area contributed by atoms with E-state index in [1.54, 1.807) is 31.4 Å². The van der Waals surface area contributed by atoms with E-state index in [2.05, 4.69) is 0 Å². The van der Waals surface area contributed by atoms with Crippen LogP contribution in [0, 0.1) is 0 Å². The molecule has 0 radical (unpaired) electrons. The van der Waals surface area contributed by atoms with Gasteiger partial charge in [-0.3, -0.25) is 0 Å². The molecule has 21 heavy (non-hydrogen) atoms. The molecule has 0 aliphatic rings. The van der Waals surface area contributed by atoms with Gasteiger partial charge in [-0.2, -0.15) is 0 Å². The zero-order valence-corrected chi connectivity index (χ0v) is 11.7. The predicted molar refractivity (Wildman–Crippen MR) is 80.3 cm³/mol. The fraction of sp³-hybridized carbons (Fsp3) is 0.200. The van der Waals surface area contributed by atoms with Crippen LogP contribution in [0.5, 0.6) is 17.2 Å². The Labute approximate surface area is 123 Å². The molecule has 0 aromatic heterocycles. The van der Waals surface area contributed by atoms with E-state index >= 15 is 0 Å². The van der Waals surface area contributed by atoms with Crippen LogP contribution in [0.1, 0.15) is 0 Å². The third-order valence-corrected chi connectivity index (χ3v) is 2.86. The Morgan fingerprint density at radius 3 is 2.10 bits per heavy atom. The molecule has 0 atom stereocenters. The molecule has 2 rings (SSSR count). The minimum atomic E-state index is -1.46. The van der Waals surface area contributed by atoms with Crippen LogP contribution in [0.15, 0.2) is 48.5 Å². The summed E-state index contributed by atoms with van der Waals surface area (Å²) in [5.74, 6) is 1.99. The van der Waals surface area contributed by atoms with Gasteiger partial charge in [0.25, 0.3) is 0 Å². The molecule has 0 aliphatic heterocycles. The van der Waals surface area contributed by atoms with Crippen LogP contribution in [-0.4, -0.2) is 37.5 Å². The summed E-state index contributed by atoms with van der Waals surface area (Å²) in [5.41, 5.74) is 0.424. The minimum absolute atomic E-state index is 0.374. The largest absolute Gasteiger partial charge is 0.493 e. The quantitative estimate of drug-likeness (QED) is 0.583. The molecule has 0 saturated heterocycles. The lowest BCUT2D eigenvalue weighted by molar-refractivity contribution is 0.211. The van der Waals surface area contributed by atoms with Gasteiger partial charge in [0.15, 0.2) is 11.5 Å². The van der Waals surface area contributed by atoms with Crippen molar-refractivity contribution < 1.29 is 24.3 Å². The lowest BCUT2D eigenvalue weighted by Crippen LogP contribution is -2.29. The highest BCUT2D eigenvalue weighted by Crippen LogP contribution is 2.25. The van der Waals surface area contributed by atoms with E-state index < -0.39 is 7.12 Å². The molecule has 0 spiro atoms. The second kappa shape index (κ2) is 7.57. The lowest BCUT2D eigenvalue weighted by Gasteiger charge is -2.11. The maximum Gasteiger partial charge on any atom is 0.488 e. The van der Waals surface area contributed by atoms with Gasteiger partial charge in [-0.05, 0) is 29.7 Å². The molecule has 0 unspecified atom stereocenters.